The number of carbonyl (C=O) groups is 1. The zero-order valence-electron chi connectivity index (χ0n) is 6.08. The van der Waals surface area contributed by atoms with E-state index in [-0.39, 0.29) is 12.5 Å². The lowest BCUT2D eigenvalue weighted by molar-refractivity contribution is -0.129. The molecule has 0 aliphatic rings. The SMILES string of the molecule is CN(CCO)C(=O)CCS. The Morgan fingerprint density at radius 1 is 1.70 bits per heavy atom. The summed E-state index contributed by atoms with van der Waals surface area (Å²) in [6.07, 6.45) is 0.444. The Kier molecular flexibility index (Phi) is 5.43. The van der Waals surface area contributed by atoms with Gasteiger partial charge in [0.2, 0.25) is 5.91 Å². The van der Waals surface area contributed by atoms with Gasteiger partial charge in [-0.2, -0.15) is 12.6 Å². The minimum atomic E-state index is 0.0226. The molecule has 0 aliphatic carbocycles. The average molecular weight is 163 g/mol. The Bertz CT molecular complexity index is 108. The number of aliphatic hydroxyl groups is 1. The minimum absolute atomic E-state index is 0.0226. The molecule has 0 saturated heterocycles. The predicted octanol–water partition coefficient (Wildman–Crippen LogP) is -0.243. The van der Waals surface area contributed by atoms with Gasteiger partial charge in [0.05, 0.1) is 6.61 Å². The summed E-state index contributed by atoms with van der Waals surface area (Å²) in [6.45, 7) is 0.432. The Hall–Kier alpha value is -0.220. The van der Waals surface area contributed by atoms with Crippen molar-refractivity contribution in [3.63, 3.8) is 0 Å². The van der Waals surface area contributed by atoms with Gasteiger partial charge >= 0.3 is 0 Å². The number of likely N-dealkylation sites (N-methyl/N-ethyl adjacent to an activating group) is 1. The fraction of sp³-hybridized carbons (Fsp3) is 0.833. The van der Waals surface area contributed by atoms with Crippen LogP contribution in [0.25, 0.3) is 0 Å². The van der Waals surface area contributed by atoms with Crippen LogP contribution >= 0.6 is 12.6 Å². The van der Waals surface area contributed by atoms with Crippen LogP contribution in [0, 0.1) is 0 Å². The molecule has 4 heteroatoms. The van der Waals surface area contributed by atoms with Crippen molar-refractivity contribution in [1.29, 1.82) is 0 Å². The van der Waals surface area contributed by atoms with Crippen molar-refractivity contribution in [2.75, 3.05) is 26.0 Å². The van der Waals surface area contributed by atoms with E-state index in [0.29, 0.717) is 18.7 Å². The molecule has 0 aromatic carbocycles. The number of amides is 1. The quantitative estimate of drug-likeness (QED) is 0.561. The van der Waals surface area contributed by atoms with E-state index in [2.05, 4.69) is 12.6 Å². The van der Waals surface area contributed by atoms with E-state index in [1.165, 1.54) is 4.90 Å². The highest BCUT2D eigenvalue weighted by atomic mass is 32.1. The molecule has 0 spiro atoms. The number of hydrogen-bond acceptors (Lipinski definition) is 3. The van der Waals surface area contributed by atoms with Gasteiger partial charge in [-0.3, -0.25) is 4.79 Å². The van der Waals surface area contributed by atoms with E-state index >= 15 is 0 Å². The Morgan fingerprint density at radius 3 is 2.70 bits per heavy atom. The molecule has 0 saturated carbocycles. The number of aliphatic hydroxyl groups excluding tert-OH is 1. The smallest absolute Gasteiger partial charge is 0.223 e. The highest BCUT2D eigenvalue weighted by Crippen LogP contribution is 1.91. The van der Waals surface area contributed by atoms with E-state index < -0.39 is 0 Å². The van der Waals surface area contributed by atoms with Gasteiger partial charge in [-0.15, -0.1) is 0 Å². The van der Waals surface area contributed by atoms with Gasteiger partial charge < -0.3 is 10.0 Å². The molecule has 3 nitrogen and oxygen atoms in total. The maximum atomic E-state index is 10.9. The second-order valence-corrected chi connectivity index (χ2v) is 2.46. The number of thiol groups is 1. The monoisotopic (exact) mass is 163 g/mol. The number of nitrogens with zero attached hydrogens (tertiary/aromatic N) is 1. The fourth-order valence-electron chi connectivity index (χ4n) is 0.561. The first-order valence-corrected chi connectivity index (χ1v) is 3.81. The van der Waals surface area contributed by atoms with E-state index in [4.69, 9.17) is 5.11 Å². The zero-order valence-corrected chi connectivity index (χ0v) is 6.97. The lowest BCUT2D eigenvalue weighted by atomic mass is 10.4. The molecule has 0 atom stereocenters. The molecule has 0 aromatic heterocycles. The van der Waals surface area contributed by atoms with Crippen LogP contribution in [0.1, 0.15) is 6.42 Å². The number of rotatable bonds is 4. The lowest BCUT2D eigenvalue weighted by Gasteiger charge is -2.14. The third-order valence-corrected chi connectivity index (χ3v) is 1.41. The second-order valence-electron chi connectivity index (χ2n) is 2.01. The summed E-state index contributed by atoms with van der Waals surface area (Å²) in [5.74, 6) is 0.596. The van der Waals surface area contributed by atoms with Gasteiger partial charge in [0, 0.05) is 20.0 Å². The Labute approximate surface area is 66.4 Å². The molecule has 60 valence electrons. The molecule has 0 aliphatic heterocycles. The summed E-state index contributed by atoms with van der Waals surface area (Å²) < 4.78 is 0. The maximum Gasteiger partial charge on any atom is 0.223 e. The maximum absolute atomic E-state index is 10.9. The molecule has 10 heavy (non-hydrogen) atoms. The fourth-order valence-corrected chi connectivity index (χ4v) is 0.752. The second kappa shape index (κ2) is 5.56. The molecule has 0 heterocycles. The van der Waals surface area contributed by atoms with E-state index in [1.807, 2.05) is 0 Å². The molecule has 0 fully saturated rings. The third kappa shape index (κ3) is 3.74. The van der Waals surface area contributed by atoms with Crippen molar-refractivity contribution >= 4 is 18.5 Å². The summed E-state index contributed by atoms with van der Waals surface area (Å²) in [5.41, 5.74) is 0. The van der Waals surface area contributed by atoms with Gasteiger partial charge in [-0.25, -0.2) is 0 Å². The summed E-state index contributed by atoms with van der Waals surface area (Å²) in [4.78, 5) is 12.4. The summed E-state index contributed by atoms with van der Waals surface area (Å²) >= 11 is 3.91. The van der Waals surface area contributed by atoms with Crippen molar-refractivity contribution in [2.45, 2.75) is 6.42 Å². The summed E-state index contributed by atoms with van der Waals surface area (Å²) in [5, 5.41) is 8.44. The molecule has 1 N–H and O–H groups in total. The van der Waals surface area contributed by atoms with Crippen molar-refractivity contribution in [3.05, 3.63) is 0 Å². The first-order valence-electron chi connectivity index (χ1n) is 3.18. The zero-order chi connectivity index (χ0) is 7.98. The van der Waals surface area contributed by atoms with Crippen LogP contribution < -0.4 is 0 Å². The first-order chi connectivity index (χ1) is 4.72. The van der Waals surface area contributed by atoms with Crippen LogP contribution in [0.3, 0.4) is 0 Å². The van der Waals surface area contributed by atoms with Crippen LogP contribution in [-0.4, -0.2) is 41.9 Å². The third-order valence-electron chi connectivity index (χ3n) is 1.19. The topological polar surface area (TPSA) is 40.5 Å². The van der Waals surface area contributed by atoms with Crippen LogP contribution in [-0.2, 0) is 4.79 Å². The van der Waals surface area contributed by atoms with Crippen LogP contribution in [0.4, 0.5) is 0 Å². The average Bonchev–Trinajstić information content (AvgIpc) is 1.89. The normalized spacial score (nSPS) is 9.50. The first kappa shape index (κ1) is 9.78. The van der Waals surface area contributed by atoms with Crippen molar-refractivity contribution in [3.8, 4) is 0 Å². The highest BCUT2D eigenvalue weighted by Gasteiger charge is 2.04. The van der Waals surface area contributed by atoms with E-state index in [0.717, 1.165) is 0 Å². The van der Waals surface area contributed by atoms with Gasteiger partial charge in [-0.1, -0.05) is 0 Å². The standard InChI is InChI=1S/C6H13NO2S/c1-7(3-4-8)6(9)2-5-10/h8,10H,2-5H2,1H3. The van der Waals surface area contributed by atoms with Crippen molar-refractivity contribution < 1.29 is 9.90 Å². The molecule has 0 bridgehead atoms. The molecular weight excluding hydrogens is 150 g/mol. The minimum Gasteiger partial charge on any atom is -0.395 e. The predicted molar refractivity (Wildman–Crippen MR) is 43.2 cm³/mol. The molecule has 0 aromatic rings. The van der Waals surface area contributed by atoms with Gasteiger partial charge in [0.25, 0.3) is 0 Å². The highest BCUT2D eigenvalue weighted by molar-refractivity contribution is 7.80. The number of carbonyl (C=O) groups excluding carboxylic acids is 1. The molecular formula is C6H13NO2S. The van der Waals surface area contributed by atoms with Crippen LogP contribution in [0.2, 0.25) is 0 Å². The van der Waals surface area contributed by atoms with E-state index in [1.54, 1.807) is 7.05 Å². The van der Waals surface area contributed by atoms with Gasteiger partial charge in [-0.05, 0) is 5.75 Å². The summed E-state index contributed by atoms with van der Waals surface area (Å²) in [6, 6.07) is 0. The molecule has 1 amide bonds. The Balaban J connectivity index is 3.49. The molecule has 0 radical (unpaired) electrons. The van der Waals surface area contributed by atoms with Crippen molar-refractivity contribution in [2.24, 2.45) is 0 Å². The Morgan fingerprint density at radius 2 is 2.30 bits per heavy atom. The lowest BCUT2D eigenvalue weighted by Crippen LogP contribution is -2.29. The van der Waals surface area contributed by atoms with Crippen LogP contribution in [0.5, 0.6) is 0 Å². The summed E-state index contributed by atoms with van der Waals surface area (Å²) in [7, 11) is 1.67. The molecule has 0 rings (SSSR count). The van der Waals surface area contributed by atoms with Gasteiger partial charge in [0.15, 0.2) is 0 Å². The molecule has 0 unspecified atom stereocenters. The van der Waals surface area contributed by atoms with Crippen LogP contribution in [0.15, 0.2) is 0 Å². The largest absolute Gasteiger partial charge is 0.395 e. The van der Waals surface area contributed by atoms with Gasteiger partial charge in [0.1, 0.15) is 0 Å². The van der Waals surface area contributed by atoms with Crippen molar-refractivity contribution in [1.82, 2.24) is 4.90 Å². The van der Waals surface area contributed by atoms with E-state index in [9.17, 15) is 4.79 Å². The number of hydrogen-bond donors (Lipinski definition) is 2.